The van der Waals surface area contributed by atoms with E-state index in [4.69, 9.17) is 0 Å². The van der Waals surface area contributed by atoms with Crippen LogP contribution in [-0.4, -0.2) is 24.5 Å². The van der Waals surface area contributed by atoms with E-state index in [1.807, 2.05) is 0 Å². The summed E-state index contributed by atoms with van der Waals surface area (Å²) in [6.07, 6.45) is 6.01. The first-order valence-corrected chi connectivity index (χ1v) is 5.27. The first-order chi connectivity index (χ1) is 6.36. The monoisotopic (exact) mass is 177 g/mol. The van der Waals surface area contributed by atoms with Crippen LogP contribution in [0.15, 0.2) is 11.6 Å². The van der Waals surface area contributed by atoms with Crippen molar-refractivity contribution < 1.29 is 0 Å². The van der Waals surface area contributed by atoms with Crippen LogP contribution < -0.4 is 0 Å². The van der Waals surface area contributed by atoms with Crippen molar-refractivity contribution in [1.29, 1.82) is 0 Å². The molecule has 13 heavy (non-hydrogen) atoms. The number of hydrogen-bond acceptors (Lipinski definition) is 1. The van der Waals surface area contributed by atoms with Crippen LogP contribution in [0.2, 0.25) is 0 Å². The zero-order valence-electron chi connectivity index (χ0n) is 8.77. The third-order valence-corrected chi connectivity index (χ3v) is 2.49. The normalized spacial score (nSPS) is 15.5. The summed E-state index contributed by atoms with van der Waals surface area (Å²) in [4.78, 5) is 2.34. The Labute approximate surface area is 81.8 Å². The Bertz CT molecular complexity index is 225. The Balaban J connectivity index is 2.30. The summed E-state index contributed by atoms with van der Waals surface area (Å²) >= 11 is 0. The van der Waals surface area contributed by atoms with Gasteiger partial charge in [0.1, 0.15) is 0 Å². The van der Waals surface area contributed by atoms with Gasteiger partial charge in [0.15, 0.2) is 0 Å². The Morgan fingerprint density at radius 1 is 1.38 bits per heavy atom. The molecule has 0 aliphatic heterocycles. The van der Waals surface area contributed by atoms with E-state index in [1.54, 1.807) is 0 Å². The smallest absolute Gasteiger partial charge is 0.0605 e. The van der Waals surface area contributed by atoms with Crippen molar-refractivity contribution in [3.8, 4) is 11.8 Å². The molecular formula is C12H19N. The van der Waals surface area contributed by atoms with Crippen LogP contribution in [0.25, 0.3) is 0 Å². The highest BCUT2D eigenvalue weighted by Gasteiger charge is 2.00. The standard InChI is InChI=1S/C12H19N/c1-3-13(4-2)11-7-10-12-8-5-6-9-12/h8H,3-6,9,11H2,1-2H3. The van der Waals surface area contributed by atoms with Gasteiger partial charge in [0.05, 0.1) is 6.54 Å². The molecule has 0 atom stereocenters. The van der Waals surface area contributed by atoms with Crippen LogP contribution in [0.1, 0.15) is 33.1 Å². The lowest BCUT2D eigenvalue weighted by atomic mass is 10.2. The predicted octanol–water partition coefficient (Wildman–Crippen LogP) is 2.44. The third kappa shape index (κ3) is 3.65. The van der Waals surface area contributed by atoms with Gasteiger partial charge in [-0.25, -0.2) is 0 Å². The highest BCUT2D eigenvalue weighted by Crippen LogP contribution is 2.15. The number of allylic oxidation sites excluding steroid dienone is 2. The van der Waals surface area contributed by atoms with E-state index in [9.17, 15) is 0 Å². The van der Waals surface area contributed by atoms with Gasteiger partial charge in [-0.3, -0.25) is 4.90 Å². The number of hydrogen-bond donors (Lipinski definition) is 0. The lowest BCUT2D eigenvalue weighted by Gasteiger charge is -2.13. The first-order valence-electron chi connectivity index (χ1n) is 5.27. The molecular weight excluding hydrogens is 158 g/mol. The lowest BCUT2D eigenvalue weighted by molar-refractivity contribution is 0.342. The van der Waals surface area contributed by atoms with E-state index in [0.717, 1.165) is 19.6 Å². The maximum Gasteiger partial charge on any atom is 0.0605 e. The molecule has 1 nitrogen and oxygen atoms in total. The maximum atomic E-state index is 3.25. The summed E-state index contributed by atoms with van der Waals surface area (Å²) in [5.74, 6) is 6.49. The second-order valence-corrected chi connectivity index (χ2v) is 3.38. The van der Waals surface area contributed by atoms with Gasteiger partial charge in [-0.15, -0.1) is 0 Å². The van der Waals surface area contributed by atoms with E-state index < -0.39 is 0 Å². The van der Waals surface area contributed by atoms with E-state index >= 15 is 0 Å². The van der Waals surface area contributed by atoms with Crippen molar-refractivity contribution in [1.82, 2.24) is 4.90 Å². The van der Waals surface area contributed by atoms with E-state index in [1.165, 1.54) is 24.8 Å². The van der Waals surface area contributed by atoms with Gasteiger partial charge in [0.25, 0.3) is 0 Å². The average molecular weight is 177 g/mol. The quantitative estimate of drug-likeness (QED) is 0.598. The van der Waals surface area contributed by atoms with Crippen molar-refractivity contribution in [3.63, 3.8) is 0 Å². The molecule has 0 spiro atoms. The number of rotatable bonds is 3. The van der Waals surface area contributed by atoms with Crippen molar-refractivity contribution >= 4 is 0 Å². The summed E-state index contributed by atoms with van der Waals surface area (Å²) in [6.45, 7) is 7.48. The zero-order chi connectivity index (χ0) is 9.52. The molecule has 0 saturated heterocycles. The second-order valence-electron chi connectivity index (χ2n) is 3.38. The van der Waals surface area contributed by atoms with Crippen molar-refractivity contribution in [2.24, 2.45) is 0 Å². The van der Waals surface area contributed by atoms with Gasteiger partial charge in [0.2, 0.25) is 0 Å². The van der Waals surface area contributed by atoms with Crippen molar-refractivity contribution in [2.45, 2.75) is 33.1 Å². The van der Waals surface area contributed by atoms with Crippen LogP contribution in [0.4, 0.5) is 0 Å². The van der Waals surface area contributed by atoms with Gasteiger partial charge < -0.3 is 0 Å². The Hall–Kier alpha value is -0.740. The van der Waals surface area contributed by atoms with Gasteiger partial charge in [-0.2, -0.15) is 0 Å². The molecule has 0 aromatic rings. The van der Waals surface area contributed by atoms with E-state index in [-0.39, 0.29) is 0 Å². The summed E-state index contributed by atoms with van der Waals surface area (Å²) < 4.78 is 0. The van der Waals surface area contributed by atoms with Gasteiger partial charge >= 0.3 is 0 Å². The molecule has 0 fully saturated rings. The van der Waals surface area contributed by atoms with Crippen LogP contribution in [-0.2, 0) is 0 Å². The third-order valence-electron chi connectivity index (χ3n) is 2.49. The molecule has 0 saturated carbocycles. The number of nitrogens with zero attached hydrogens (tertiary/aromatic N) is 1. The molecule has 1 aliphatic carbocycles. The first kappa shape index (κ1) is 10.3. The molecule has 0 amide bonds. The average Bonchev–Trinajstić information content (AvgIpc) is 2.65. The minimum absolute atomic E-state index is 0.921. The molecule has 1 heteroatoms. The summed E-state index contributed by atoms with van der Waals surface area (Å²) in [5, 5.41) is 0. The minimum atomic E-state index is 0.921. The molecule has 0 radical (unpaired) electrons. The molecule has 0 aromatic carbocycles. The van der Waals surface area contributed by atoms with Gasteiger partial charge in [-0.05, 0) is 37.9 Å². The summed E-state index contributed by atoms with van der Waals surface area (Å²) in [7, 11) is 0. The Morgan fingerprint density at radius 2 is 2.15 bits per heavy atom. The second kappa shape index (κ2) is 5.83. The van der Waals surface area contributed by atoms with Gasteiger partial charge in [0, 0.05) is 0 Å². The molecule has 1 rings (SSSR count). The molecule has 0 heterocycles. The minimum Gasteiger partial charge on any atom is -0.293 e. The van der Waals surface area contributed by atoms with Crippen LogP contribution in [0.3, 0.4) is 0 Å². The Morgan fingerprint density at radius 3 is 2.69 bits per heavy atom. The highest BCUT2D eigenvalue weighted by molar-refractivity contribution is 5.31. The topological polar surface area (TPSA) is 3.24 Å². The molecule has 1 aliphatic rings. The fourth-order valence-electron chi connectivity index (χ4n) is 1.50. The predicted molar refractivity (Wildman–Crippen MR) is 57.5 cm³/mol. The van der Waals surface area contributed by atoms with E-state index in [0.29, 0.717) is 0 Å². The molecule has 0 aromatic heterocycles. The SMILES string of the molecule is CCN(CC)CC#CC1=CCCC1. The molecule has 0 bridgehead atoms. The van der Waals surface area contributed by atoms with Gasteiger partial charge in [-0.1, -0.05) is 31.8 Å². The van der Waals surface area contributed by atoms with Crippen molar-refractivity contribution in [3.05, 3.63) is 11.6 Å². The lowest BCUT2D eigenvalue weighted by Crippen LogP contribution is -2.22. The van der Waals surface area contributed by atoms with Crippen molar-refractivity contribution in [2.75, 3.05) is 19.6 Å². The van der Waals surface area contributed by atoms with Crippen LogP contribution in [0, 0.1) is 11.8 Å². The van der Waals surface area contributed by atoms with Crippen LogP contribution >= 0.6 is 0 Å². The highest BCUT2D eigenvalue weighted by atomic mass is 15.1. The summed E-state index contributed by atoms with van der Waals surface area (Å²) in [5.41, 5.74) is 1.35. The molecule has 0 unspecified atom stereocenters. The maximum absolute atomic E-state index is 3.25. The molecule has 72 valence electrons. The Kier molecular flexibility index (Phi) is 4.64. The fourth-order valence-corrected chi connectivity index (χ4v) is 1.50. The zero-order valence-corrected chi connectivity index (χ0v) is 8.77. The summed E-state index contributed by atoms with van der Waals surface area (Å²) in [6, 6.07) is 0. The van der Waals surface area contributed by atoms with Crippen LogP contribution in [0.5, 0.6) is 0 Å². The van der Waals surface area contributed by atoms with E-state index in [2.05, 4.69) is 36.7 Å². The largest absolute Gasteiger partial charge is 0.293 e. The fraction of sp³-hybridized carbons (Fsp3) is 0.667. The molecule has 0 N–H and O–H groups in total.